The minimum Gasteiger partial charge on any atom is -0.384 e. The van der Waals surface area contributed by atoms with E-state index in [-0.39, 0.29) is 0 Å². The van der Waals surface area contributed by atoms with Crippen LogP contribution in [0.4, 0.5) is 0 Å². The van der Waals surface area contributed by atoms with E-state index in [0.717, 1.165) is 0 Å². The Bertz CT molecular complexity index is 213. The fraction of sp³-hybridized carbons (Fsp3) is 0.400. The highest BCUT2D eigenvalue weighted by atomic mass is 14.9. The van der Waals surface area contributed by atoms with Crippen molar-refractivity contribution in [2.24, 2.45) is 5.92 Å². The average Bonchev–Trinajstić information content (AvgIpc) is 2.28. The summed E-state index contributed by atoms with van der Waals surface area (Å²) in [6, 6.07) is 0.541. The van der Waals surface area contributed by atoms with Gasteiger partial charge in [-0.1, -0.05) is 30.4 Å². The first-order chi connectivity index (χ1) is 5.47. The van der Waals surface area contributed by atoms with Crippen LogP contribution < -0.4 is 5.32 Å². The molecule has 1 N–H and O–H groups in total. The number of nitrogens with one attached hydrogen (secondary N) is 1. The van der Waals surface area contributed by atoms with Crippen LogP contribution in [0.1, 0.15) is 12.8 Å². The van der Waals surface area contributed by atoms with Gasteiger partial charge in [0.2, 0.25) is 0 Å². The Kier molecular flexibility index (Phi) is 1.80. The molecule has 1 aliphatic carbocycles. The van der Waals surface area contributed by atoms with Crippen LogP contribution in [-0.4, -0.2) is 6.04 Å². The van der Waals surface area contributed by atoms with E-state index < -0.39 is 0 Å². The van der Waals surface area contributed by atoms with E-state index in [9.17, 15) is 0 Å². The average molecular weight is 147 g/mol. The molecule has 2 unspecified atom stereocenters. The van der Waals surface area contributed by atoms with Crippen LogP contribution in [0.5, 0.6) is 0 Å². The molecular weight excluding hydrogens is 134 g/mol. The minimum absolute atomic E-state index is 0.541. The zero-order valence-electron chi connectivity index (χ0n) is 6.53. The summed E-state index contributed by atoms with van der Waals surface area (Å²) in [4.78, 5) is 0. The first-order valence-corrected chi connectivity index (χ1v) is 4.23. The standard InChI is InChI=1S/C10H13N/c1-2-7-10-9(5-1)6-3-4-8-11-10/h1-2,4-5,7-11H,3,6H2. The van der Waals surface area contributed by atoms with Crippen LogP contribution in [0, 0.1) is 5.92 Å². The van der Waals surface area contributed by atoms with Gasteiger partial charge in [0.15, 0.2) is 0 Å². The van der Waals surface area contributed by atoms with Gasteiger partial charge >= 0.3 is 0 Å². The van der Waals surface area contributed by atoms with Gasteiger partial charge in [-0.25, -0.2) is 0 Å². The van der Waals surface area contributed by atoms with Crippen molar-refractivity contribution in [3.8, 4) is 0 Å². The van der Waals surface area contributed by atoms with Crippen LogP contribution in [0.15, 0.2) is 36.6 Å². The van der Waals surface area contributed by atoms with Gasteiger partial charge in [-0.3, -0.25) is 0 Å². The summed E-state index contributed by atoms with van der Waals surface area (Å²) >= 11 is 0. The van der Waals surface area contributed by atoms with Gasteiger partial charge in [-0.15, -0.1) is 0 Å². The molecule has 58 valence electrons. The summed E-state index contributed by atoms with van der Waals surface area (Å²) in [7, 11) is 0. The number of fused-ring (bicyclic) bond motifs is 1. The summed E-state index contributed by atoms with van der Waals surface area (Å²) in [6.07, 6.45) is 15.6. The fourth-order valence-corrected chi connectivity index (χ4v) is 1.66. The largest absolute Gasteiger partial charge is 0.384 e. The van der Waals surface area contributed by atoms with Crippen molar-refractivity contribution < 1.29 is 0 Å². The van der Waals surface area contributed by atoms with Crippen molar-refractivity contribution >= 4 is 0 Å². The summed E-state index contributed by atoms with van der Waals surface area (Å²) < 4.78 is 0. The molecule has 1 nitrogen and oxygen atoms in total. The molecule has 0 amide bonds. The zero-order chi connectivity index (χ0) is 7.52. The number of allylic oxidation sites excluding steroid dienone is 3. The third-order valence-electron chi connectivity index (χ3n) is 2.32. The SMILES string of the molecule is C1=CC2CCC=CNC2C=C1. The van der Waals surface area contributed by atoms with Crippen LogP contribution in [0.3, 0.4) is 0 Å². The van der Waals surface area contributed by atoms with Gasteiger partial charge < -0.3 is 5.32 Å². The second kappa shape index (κ2) is 2.95. The Morgan fingerprint density at radius 3 is 3.09 bits per heavy atom. The maximum atomic E-state index is 3.36. The lowest BCUT2D eigenvalue weighted by Gasteiger charge is -2.21. The van der Waals surface area contributed by atoms with Gasteiger partial charge in [-0.05, 0) is 19.0 Å². The third-order valence-corrected chi connectivity index (χ3v) is 2.32. The molecule has 0 aromatic carbocycles. The lowest BCUT2D eigenvalue weighted by atomic mass is 9.92. The molecule has 0 radical (unpaired) electrons. The van der Waals surface area contributed by atoms with E-state index in [0.29, 0.717) is 12.0 Å². The topological polar surface area (TPSA) is 12.0 Å². The highest BCUT2D eigenvalue weighted by Crippen LogP contribution is 2.20. The first kappa shape index (κ1) is 6.71. The van der Waals surface area contributed by atoms with Gasteiger partial charge in [0, 0.05) is 5.92 Å². The normalized spacial score (nSPS) is 34.2. The van der Waals surface area contributed by atoms with E-state index in [1.807, 2.05) is 0 Å². The van der Waals surface area contributed by atoms with E-state index in [2.05, 4.69) is 41.9 Å². The molecule has 2 rings (SSSR count). The Morgan fingerprint density at radius 2 is 2.09 bits per heavy atom. The Balaban J connectivity index is 2.13. The maximum absolute atomic E-state index is 3.36. The molecule has 0 fully saturated rings. The second-order valence-corrected chi connectivity index (χ2v) is 3.11. The maximum Gasteiger partial charge on any atom is 0.0504 e. The first-order valence-electron chi connectivity index (χ1n) is 4.23. The molecule has 0 aromatic heterocycles. The molecule has 0 aromatic rings. The van der Waals surface area contributed by atoms with E-state index in [4.69, 9.17) is 0 Å². The van der Waals surface area contributed by atoms with Crippen LogP contribution in [-0.2, 0) is 0 Å². The van der Waals surface area contributed by atoms with E-state index in [1.165, 1.54) is 12.8 Å². The van der Waals surface area contributed by atoms with E-state index >= 15 is 0 Å². The Morgan fingerprint density at radius 1 is 1.18 bits per heavy atom. The van der Waals surface area contributed by atoms with Gasteiger partial charge in [-0.2, -0.15) is 0 Å². The summed E-state index contributed by atoms with van der Waals surface area (Å²) in [5.74, 6) is 0.704. The molecule has 0 saturated carbocycles. The quantitative estimate of drug-likeness (QED) is 0.552. The lowest BCUT2D eigenvalue weighted by Crippen LogP contribution is -2.29. The van der Waals surface area contributed by atoms with Crippen LogP contribution in [0.2, 0.25) is 0 Å². The Hall–Kier alpha value is -0.980. The molecule has 1 aliphatic heterocycles. The predicted molar refractivity (Wildman–Crippen MR) is 47.1 cm³/mol. The summed E-state index contributed by atoms with van der Waals surface area (Å²) in [5, 5.41) is 3.36. The number of hydrogen-bond donors (Lipinski definition) is 1. The van der Waals surface area contributed by atoms with Crippen molar-refractivity contribution in [2.45, 2.75) is 18.9 Å². The Labute approximate surface area is 67.5 Å². The van der Waals surface area contributed by atoms with Crippen molar-refractivity contribution in [1.82, 2.24) is 5.32 Å². The second-order valence-electron chi connectivity index (χ2n) is 3.11. The lowest BCUT2D eigenvalue weighted by molar-refractivity contribution is 0.502. The van der Waals surface area contributed by atoms with E-state index in [1.54, 1.807) is 0 Å². The fourth-order valence-electron chi connectivity index (χ4n) is 1.66. The molecule has 0 bridgehead atoms. The molecule has 11 heavy (non-hydrogen) atoms. The highest BCUT2D eigenvalue weighted by Gasteiger charge is 2.17. The van der Waals surface area contributed by atoms with Crippen molar-refractivity contribution in [1.29, 1.82) is 0 Å². The third kappa shape index (κ3) is 1.37. The minimum atomic E-state index is 0.541. The molecule has 1 heteroatoms. The summed E-state index contributed by atoms with van der Waals surface area (Å²) in [5.41, 5.74) is 0. The zero-order valence-corrected chi connectivity index (χ0v) is 6.53. The molecular formula is C10H13N. The predicted octanol–water partition coefficient (Wildman–Crippen LogP) is 1.99. The molecule has 2 aliphatic rings. The van der Waals surface area contributed by atoms with Gasteiger partial charge in [0.25, 0.3) is 0 Å². The van der Waals surface area contributed by atoms with Crippen molar-refractivity contribution in [3.05, 3.63) is 36.6 Å². The highest BCUT2D eigenvalue weighted by molar-refractivity contribution is 5.18. The number of hydrogen-bond acceptors (Lipinski definition) is 1. The van der Waals surface area contributed by atoms with Gasteiger partial charge in [0.05, 0.1) is 6.04 Å². The van der Waals surface area contributed by atoms with Crippen LogP contribution >= 0.6 is 0 Å². The molecule has 0 saturated heterocycles. The van der Waals surface area contributed by atoms with Crippen molar-refractivity contribution in [3.63, 3.8) is 0 Å². The smallest absolute Gasteiger partial charge is 0.0504 e. The van der Waals surface area contributed by atoms with Crippen LogP contribution in [0.25, 0.3) is 0 Å². The summed E-state index contributed by atoms with van der Waals surface area (Å²) in [6.45, 7) is 0. The monoisotopic (exact) mass is 147 g/mol. The van der Waals surface area contributed by atoms with Gasteiger partial charge in [0.1, 0.15) is 0 Å². The molecule has 1 heterocycles. The molecule has 2 atom stereocenters. The molecule has 0 spiro atoms. The number of rotatable bonds is 0. The van der Waals surface area contributed by atoms with Crippen molar-refractivity contribution in [2.75, 3.05) is 0 Å².